The van der Waals surface area contributed by atoms with E-state index in [1.165, 1.54) is 16.0 Å². The highest BCUT2D eigenvalue weighted by molar-refractivity contribution is 7.17. The van der Waals surface area contributed by atoms with Gasteiger partial charge in [-0.3, -0.25) is 19.5 Å². The summed E-state index contributed by atoms with van der Waals surface area (Å²) in [6.45, 7) is 2.09. The average molecular weight is 459 g/mol. The minimum atomic E-state index is -0.145. The van der Waals surface area contributed by atoms with Crippen molar-refractivity contribution in [2.45, 2.75) is 32.6 Å². The van der Waals surface area contributed by atoms with Gasteiger partial charge in [0.15, 0.2) is 5.78 Å². The van der Waals surface area contributed by atoms with Crippen LogP contribution in [0.15, 0.2) is 53.5 Å². The molecule has 3 aromatic rings. The number of Topliss-reactive ketones (excluding diaryl/α,β-unsaturated/α-hetero) is 1. The molecule has 0 fully saturated rings. The van der Waals surface area contributed by atoms with Gasteiger partial charge in [0.1, 0.15) is 17.3 Å². The number of rotatable bonds is 5. The summed E-state index contributed by atoms with van der Waals surface area (Å²) in [7, 11) is 1.58. The number of benzene rings is 2. The number of amides is 1. The van der Waals surface area contributed by atoms with Crippen LogP contribution in [0.4, 0.5) is 5.00 Å². The average Bonchev–Trinajstić information content (AvgIpc) is 3.16. The highest BCUT2D eigenvalue weighted by atomic mass is 32.1. The molecule has 0 bridgehead atoms. The molecule has 2 aliphatic rings. The molecule has 0 N–H and O–H groups in total. The number of thiophene rings is 1. The first kappa shape index (κ1) is 21.6. The lowest BCUT2D eigenvalue weighted by atomic mass is 9.91. The zero-order chi connectivity index (χ0) is 22.9. The Morgan fingerprint density at radius 1 is 1.12 bits per heavy atom. The Bertz CT molecular complexity index is 1260. The topological polar surface area (TPSA) is 59.0 Å². The maximum atomic E-state index is 13.3. The third-order valence-corrected chi connectivity index (χ3v) is 7.64. The molecule has 1 aliphatic heterocycles. The summed E-state index contributed by atoms with van der Waals surface area (Å²) in [5, 5.41) is 0.861. The maximum absolute atomic E-state index is 13.3. The molecule has 33 heavy (non-hydrogen) atoms. The second kappa shape index (κ2) is 8.94. The molecule has 0 unspecified atom stereocenters. The lowest BCUT2D eigenvalue weighted by Crippen LogP contribution is -2.36. The highest BCUT2D eigenvalue weighted by Crippen LogP contribution is 2.42. The molecule has 0 spiro atoms. The van der Waals surface area contributed by atoms with E-state index in [1.807, 2.05) is 0 Å². The largest absolute Gasteiger partial charge is 0.497 e. The fraction of sp³-hybridized carbons (Fsp3) is 0.296. The Hall–Kier alpha value is -3.25. The van der Waals surface area contributed by atoms with Crippen LogP contribution in [-0.2, 0) is 17.6 Å². The van der Waals surface area contributed by atoms with E-state index in [1.54, 1.807) is 47.6 Å². The minimum Gasteiger partial charge on any atom is -0.497 e. The number of carbonyl (C=O) groups is 2. The van der Waals surface area contributed by atoms with Crippen LogP contribution in [-0.4, -0.2) is 37.6 Å². The summed E-state index contributed by atoms with van der Waals surface area (Å²) in [6.07, 6.45) is 4.28. The van der Waals surface area contributed by atoms with Crippen molar-refractivity contribution in [3.8, 4) is 5.75 Å². The molecular formula is C27H26N2O3S. The minimum absolute atomic E-state index is 0.00487. The molecule has 1 aromatic heterocycles. The molecule has 1 aliphatic carbocycles. The van der Waals surface area contributed by atoms with E-state index < -0.39 is 0 Å². The van der Waals surface area contributed by atoms with E-state index in [-0.39, 0.29) is 24.8 Å². The number of aryl methyl sites for hydroxylation is 2. The number of hydrogen-bond donors (Lipinski definition) is 0. The van der Waals surface area contributed by atoms with Crippen molar-refractivity contribution >= 4 is 33.7 Å². The Kier molecular flexibility index (Phi) is 5.85. The number of ether oxygens (including phenoxy) is 1. The summed E-state index contributed by atoms with van der Waals surface area (Å²) < 4.78 is 5.27. The van der Waals surface area contributed by atoms with Gasteiger partial charge in [-0.1, -0.05) is 42.0 Å². The Morgan fingerprint density at radius 2 is 1.91 bits per heavy atom. The summed E-state index contributed by atoms with van der Waals surface area (Å²) in [6, 6.07) is 15.4. The molecule has 2 heterocycles. The van der Waals surface area contributed by atoms with Gasteiger partial charge in [-0.05, 0) is 50.3 Å². The lowest BCUT2D eigenvalue weighted by molar-refractivity contribution is -0.117. The smallest absolute Gasteiger partial charge is 0.249 e. The van der Waals surface area contributed by atoms with Gasteiger partial charge in [0.05, 0.1) is 19.4 Å². The summed E-state index contributed by atoms with van der Waals surface area (Å²) in [5.74, 6) is 0.367. The highest BCUT2D eigenvalue weighted by Gasteiger charge is 2.33. The zero-order valence-corrected chi connectivity index (χ0v) is 19.7. The van der Waals surface area contributed by atoms with E-state index in [4.69, 9.17) is 9.73 Å². The second-order valence-electron chi connectivity index (χ2n) is 8.56. The quantitative estimate of drug-likeness (QED) is 0.505. The number of fused-ring (bicyclic) bond motifs is 3. The van der Waals surface area contributed by atoms with Crippen LogP contribution < -0.4 is 9.64 Å². The van der Waals surface area contributed by atoms with E-state index in [0.29, 0.717) is 11.3 Å². The van der Waals surface area contributed by atoms with Crippen molar-refractivity contribution in [1.82, 2.24) is 0 Å². The molecular weight excluding hydrogens is 432 g/mol. The predicted octanol–water partition coefficient (Wildman–Crippen LogP) is 5.01. The molecule has 2 aromatic carbocycles. The Balaban J connectivity index is 1.58. The number of nitrogens with zero attached hydrogens (tertiary/aromatic N) is 2. The fourth-order valence-electron chi connectivity index (χ4n) is 4.55. The van der Waals surface area contributed by atoms with Crippen molar-refractivity contribution in [3.05, 3.63) is 81.2 Å². The monoisotopic (exact) mass is 458 g/mol. The van der Waals surface area contributed by atoms with Gasteiger partial charge in [-0.15, -0.1) is 11.3 Å². The molecule has 0 saturated carbocycles. The standard InChI is InChI=1S/C27H26N2O3S/c1-17-10-12-18(13-11-17)26-25-21-8-3-4-9-23(21)33-27(25)29(24(31)15-28-26)16-22(30)19-6-5-7-20(14-19)32-2/h5-7,10-14H,3-4,8-9,15-16H2,1-2H3. The third-order valence-electron chi connectivity index (χ3n) is 6.33. The second-order valence-corrected chi connectivity index (χ2v) is 9.64. The van der Waals surface area contributed by atoms with Crippen molar-refractivity contribution in [3.63, 3.8) is 0 Å². The van der Waals surface area contributed by atoms with E-state index in [2.05, 4.69) is 31.2 Å². The third kappa shape index (κ3) is 4.11. The molecule has 168 valence electrons. The lowest BCUT2D eigenvalue weighted by Gasteiger charge is -2.20. The summed E-state index contributed by atoms with van der Waals surface area (Å²) in [5.41, 5.74) is 5.95. The first-order valence-electron chi connectivity index (χ1n) is 11.3. The summed E-state index contributed by atoms with van der Waals surface area (Å²) in [4.78, 5) is 34.2. The number of aliphatic imine (C=N–C) groups is 1. The Labute approximate surface area is 197 Å². The number of anilines is 1. The summed E-state index contributed by atoms with van der Waals surface area (Å²) >= 11 is 1.66. The Morgan fingerprint density at radius 3 is 2.70 bits per heavy atom. The molecule has 0 atom stereocenters. The molecule has 1 amide bonds. The molecule has 5 nitrogen and oxygen atoms in total. The molecule has 0 saturated heterocycles. The number of hydrogen-bond acceptors (Lipinski definition) is 5. The van der Waals surface area contributed by atoms with Gasteiger partial charge in [-0.2, -0.15) is 0 Å². The number of ketones is 1. The van der Waals surface area contributed by atoms with Gasteiger partial charge in [-0.25, -0.2) is 0 Å². The van der Waals surface area contributed by atoms with Crippen LogP contribution >= 0.6 is 11.3 Å². The van der Waals surface area contributed by atoms with Gasteiger partial charge < -0.3 is 4.74 Å². The fourth-order valence-corrected chi connectivity index (χ4v) is 5.95. The van der Waals surface area contributed by atoms with E-state index >= 15 is 0 Å². The van der Waals surface area contributed by atoms with Crippen LogP contribution in [0, 0.1) is 6.92 Å². The normalized spacial score (nSPS) is 15.4. The van der Waals surface area contributed by atoms with Gasteiger partial charge >= 0.3 is 0 Å². The van der Waals surface area contributed by atoms with E-state index in [9.17, 15) is 9.59 Å². The maximum Gasteiger partial charge on any atom is 0.249 e. The van der Waals surface area contributed by atoms with Crippen molar-refractivity contribution < 1.29 is 14.3 Å². The van der Waals surface area contributed by atoms with Gasteiger partial charge in [0.25, 0.3) is 0 Å². The zero-order valence-electron chi connectivity index (χ0n) is 18.9. The van der Waals surface area contributed by atoms with Crippen LogP contribution in [0.3, 0.4) is 0 Å². The van der Waals surface area contributed by atoms with Gasteiger partial charge in [0, 0.05) is 21.6 Å². The van der Waals surface area contributed by atoms with Crippen LogP contribution in [0.2, 0.25) is 0 Å². The van der Waals surface area contributed by atoms with Crippen molar-refractivity contribution in [1.29, 1.82) is 0 Å². The van der Waals surface area contributed by atoms with Crippen LogP contribution in [0.5, 0.6) is 5.75 Å². The number of methoxy groups -OCH3 is 1. The first-order valence-corrected chi connectivity index (χ1v) is 12.1. The predicted molar refractivity (Wildman–Crippen MR) is 132 cm³/mol. The van der Waals surface area contributed by atoms with E-state index in [0.717, 1.165) is 47.5 Å². The molecule has 6 heteroatoms. The number of carbonyl (C=O) groups excluding carboxylic acids is 2. The van der Waals surface area contributed by atoms with Crippen LogP contribution in [0.1, 0.15) is 50.3 Å². The van der Waals surface area contributed by atoms with Crippen LogP contribution in [0.25, 0.3) is 0 Å². The SMILES string of the molecule is COc1cccc(C(=O)CN2C(=O)CN=C(c3ccc(C)cc3)c3c2sc2c3CCCC2)c1. The molecule has 5 rings (SSSR count). The van der Waals surface area contributed by atoms with Gasteiger partial charge in [0.2, 0.25) is 5.91 Å². The first-order chi connectivity index (χ1) is 16.0. The van der Waals surface area contributed by atoms with Crippen molar-refractivity contribution in [2.24, 2.45) is 4.99 Å². The molecule has 0 radical (unpaired) electrons. The van der Waals surface area contributed by atoms with Crippen molar-refractivity contribution in [2.75, 3.05) is 25.1 Å².